The molecule has 0 atom stereocenters. The van der Waals surface area contributed by atoms with Gasteiger partial charge in [0.15, 0.2) is 0 Å². The van der Waals surface area contributed by atoms with Gasteiger partial charge in [0.05, 0.1) is 0 Å². The topological polar surface area (TPSA) is 53.8 Å². The van der Waals surface area contributed by atoms with Crippen molar-refractivity contribution in [2.45, 2.75) is 6.92 Å². The standard InChI is InChI=1S/C10H9N3OSe/c1-2-4-9(14)11-7-5-3-6-8-10(7)13-15-12-8/h2-6H,1H3,(H,11,14). The Morgan fingerprint density at radius 3 is 3.13 bits per heavy atom. The van der Waals surface area contributed by atoms with Crippen LogP contribution in [0.25, 0.3) is 0 Å². The van der Waals surface area contributed by atoms with E-state index in [-0.39, 0.29) is 20.5 Å². The van der Waals surface area contributed by atoms with Crippen LogP contribution < -0.4 is 5.32 Å². The monoisotopic (exact) mass is 267 g/mol. The van der Waals surface area contributed by atoms with Crippen molar-refractivity contribution in [1.29, 1.82) is 0 Å². The molecule has 2 rings (SSSR count). The van der Waals surface area contributed by atoms with E-state index in [9.17, 15) is 4.79 Å². The molecule has 0 bridgehead atoms. The van der Waals surface area contributed by atoms with Gasteiger partial charge in [0.25, 0.3) is 0 Å². The molecule has 0 radical (unpaired) electrons. The second kappa shape index (κ2) is 4.38. The molecule has 1 aromatic rings. The van der Waals surface area contributed by atoms with Gasteiger partial charge in [0, 0.05) is 0 Å². The summed E-state index contributed by atoms with van der Waals surface area (Å²) in [5, 5.41) is 2.77. The van der Waals surface area contributed by atoms with E-state index in [4.69, 9.17) is 0 Å². The molecule has 5 heteroatoms. The summed E-state index contributed by atoms with van der Waals surface area (Å²) >= 11 is -0.0657. The molecule has 0 fully saturated rings. The Labute approximate surface area is 93.1 Å². The molecule has 1 aliphatic rings. The van der Waals surface area contributed by atoms with E-state index in [1.165, 1.54) is 6.08 Å². The maximum atomic E-state index is 11.3. The number of anilines is 1. The van der Waals surface area contributed by atoms with Gasteiger partial charge in [-0.1, -0.05) is 0 Å². The fourth-order valence-corrected chi connectivity index (χ4v) is 2.39. The first-order valence-electron chi connectivity index (χ1n) is 4.46. The molecule has 0 saturated carbocycles. The minimum absolute atomic E-state index is 0.0657. The molecule has 1 amide bonds. The zero-order valence-corrected chi connectivity index (χ0v) is 9.81. The van der Waals surface area contributed by atoms with Crippen LogP contribution >= 0.6 is 0 Å². The molecule has 1 aromatic carbocycles. The van der Waals surface area contributed by atoms with Gasteiger partial charge in [-0.25, -0.2) is 0 Å². The molecule has 1 heterocycles. The molecule has 4 nitrogen and oxygen atoms in total. The van der Waals surface area contributed by atoms with E-state index in [2.05, 4.69) is 13.2 Å². The van der Waals surface area contributed by atoms with Gasteiger partial charge in [-0.3, -0.25) is 0 Å². The van der Waals surface area contributed by atoms with Crippen LogP contribution in [0, 0.1) is 0 Å². The van der Waals surface area contributed by atoms with Crippen LogP contribution in [0.5, 0.6) is 0 Å². The van der Waals surface area contributed by atoms with E-state index in [1.807, 2.05) is 18.2 Å². The van der Waals surface area contributed by atoms with Gasteiger partial charge in [0.1, 0.15) is 0 Å². The van der Waals surface area contributed by atoms with Crippen LogP contribution in [0.4, 0.5) is 17.1 Å². The Morgan fingerprint density at radius 1 is 1.47 bits per heavy atom. The number of allylic oxidation sites excluding steroid dienone is 1. The molecule has 0 spiro atoms. The maximum absolute atomic E-state index is 11.3. The second-order valence-electron chi connectivity index (χ2n) is 2.93. The summed E-state index contributed by atoms with van der Waals surface area (Å²) in [5.74, 6) is -0.138. The van der Waals surface area contributed by atoms with E-state index >= 15 is 0 Å². The summed E-state index contributed by atoms with van der Waals surface area (Å²) in [6.07, 6.45) is 3.18. The van der Waals surface area contributed by atoms with E-state index in [0.717, 1.165) is 17.1 Å². The molecular weight excluding hydrogens is 257 g/mol. The predicted octanol–water partition coefficient (Wildman–Crippen LogP) is 2.55. The Hall–Kier alpha value is -1.45. The van der Waals surface area contributed by atoms with Crippen LogP contribution in [-0.2, 0) is 4.79 Å². The third kappa shape index (κ3) is 2.14. The summed E-state index contributed by atoms with van der Waals surface area (Å²) in [5.41, 5.74) is 2.40. The summed E-state index contributed by atoms with van der Waals surface area (Å²) in [4.78, 5) is 11.3. The van der Waals surface area contributed by atoms with Crippen molar-refractivity contribution in [3.63, 3.8) is 0 Å². The van der Waals surface area contributed by atoms with Crippen LogP contribution in [0.15, 0.2) is 38.3 Å². The number of carbonyl (C=O) groups is 1. The number of nitrogens with zero attached hydrogens (tertiary/aromatic N) is 2. The number of nitrogens with one attached hydrogen (secondary N) is 1. The average Bonchev–Trinajstić information content (AvgIpc) is 2.67. The zero-order valence-electron chi connectivity index (χ0n) is 8.10. The molecule has 0 aromatic heterocycles. The van der Waals surface area contributed by atoms with E-state index in [1.54, 1.807) is 13.0 Å². The van der Waals surface area contributed by atoms with Crippen LogP contribution in [0.2, 0.25) is 0 Å². The normalized spacial score (nSPS) is 12.6. The number of benzene rings is 1. The summed E-state index contributed by atoms with van der Waals surface area (Å²) < 4.78 is 8.51. The molecule has 1 N–H and O–H groups in total. The first-order valence-corrected chi connectivity index (χ1v) is 5.99. The van der Waals surface area contributed by atoms with Gasteiger partial charge in [-0.15, -0.1) is 0 Å². The first kappa shape index (κ1) is 10.1. The van der Waals surface area contributed by atoms with Crippen LogP contribution in [0.1, 0.15) is 6.92 Å². The molecule has 0 unspecified atom stereocenters. The van der Waals surface area contributed by atoms with Gasteiger partial charge < -0.3 is 0 Å². The third-order valence-electron chi connectivity index (χ3n) is 1.86. The van der Waals surface area contributed by atoms with E-state index < -0.39 is 0 Å². The van der Waals surface area contributed by atoms with E-state index in [0.29, 0.717) is 0 Å². The Morgan fingerprint density at radius 2 is 2.33 bits per heavy atom. The van der Waals surface area contributed by atoms with Crippen LogP contribution in [-0.4, -0.2) is 20.5 Å². The van der Waals surface area contributed by atoms with Crippen molar-refractivity contribution in [1.82, 2.24) is 0 Å². The molecule has 15 heavy (non-hydrogen) atoms. The van der Waals surface area contributed by atoms with Crippen molar-refractivity contribution in [3.05, 3.63) is 30.4 Å². The number of hydrogen-bond acceptors (Lipinski definition) is 3. The van der Waals surface area contributed by atoms with Crippen LogP contribution in [0.3, 0.4) is 0 Å². The number of amides is 1. The number of rotatable bonds is 2. The molecule has 1 aliphatic heterocycles. The van der Waals surface area contributed by atoms with Gasteiger partial charge in [0.2, 0.25) is 0 Å². The number of carbonyl (C=O) groups excluding carboxylic acids is 1. The number of hydrogen-bond donors (Lipinski definition) is 1. The van der Waals surface area contributed by atoms with Crippen molar-refractivity contribution < 1.29 is 4.79 Å². The predicted molar refractivity (Wildman–Crippen MR) is 59.8 cm³/mol. The van der Waals surface area contributed by atoms with Crippen molar-refractivity contribution >= 4 is 37.5 Å². The Bertz CT molecular complexity index is 501. The van der Waals surface area contributed by atoms with Crippen molar-refractivity contribution in [2.75, 3.05) is 5.32 Å². The number of fused-ring (bicyclic) bond motifs is 1. The SMILES string of the molecule is CC=CC(=O)Nc1cccc2c1N=[Se]=N2. The van der Waals surface area contributed by atoms with Gasteiger partial charge in [-0.05, 0) is 0 Å². The van der Waals surface area contributed by atoms with Gasteiger partial charge >= 0.3 is 92.8 Å². The summed E-state index contributed by atoms with van der Waals surface area (Å²) in [6.45, 7) is 1.80. The summed E-state index contributed by atoms with van der Waals surface area (Å²) in [7, 11) is 0. The zero-order chi connectivity index (χ0) is 10.7. The van der Waals surface area contributed by atoms with Crippen molar-refractivity contribution in [3.8, 4) is 0 Å². The Balaban J connectivity index is 2.27. The molecular formula is C10H9N3OSe. The quantitative estimate of drug-likeness (QED) is 0.659. The average molecular weight is 266 g/mol. The third-order valence-corrected chi connectivity index (χ3v) is 3.00. The fourth-order valence-electron chi connectivity index (χ4n) is 1.23. The summed E-state index contributed by atoms with van der Waals surface area (Å²) in [6, 6.07) is 5.60. The molecule has 0 aliphatic carbocycles. The molecule has 76 valence electrons. The first-order chi connectivity index (χ1) is 7.31. The fraction of sp³-hybridized carbons (Fsp3) is 0.100. The Kier molecular flexibility index (Phi) is 2.94. The van der Waals surface area contributed by atoms with Crippen molar-refractivity contribution in [2.24, 2.45) is 7.92 Å². The van der Waals surface area contributed by atoms with Gasteiger partial charge in [-0.2, -0.15) is 0 Å². The minimum atomic E-state index is -0.138. The molecule has 0 saturated heterocycles. The second-order valence-corrected chi connectivity index (χ2v) is 4.04.